The Kier molecular flexibility index (Phi) is 3.31. The van der Waals surface area contributed by atoms with E-state index in [-0.39, 0.29) is 40.7 Å². The SMILES string of the molecule is CC(=O)C[C@@H](C)C(=O)N1[C@H]2CC3CCC2(CS1(=O)=O)C3(C)C. The zero-order valence-corrected chi connectivity index (χ0v) is 14.6. The number of hydrogen-bond acceptors (Lipinski definition) is 4. The van der Waals surface area contributed by atoms with Crippen LogP contribution in [0.25, 0.3) is 0 Å². The zero-order chi connectivity index (χ0) is 16.5. The fraction of sp³-hybridized carbons (Fsp3) is 0.875. The van der Waals surface area contributed by atoms with E-state index in [2.05, 4.69) is 13.8 Å². The molecule has 3 fully saturated rings. The lowest BCUT2D eigenvalue weighted by Crippen LogP contribution is -2.46. The van der Waals surface area contributed by atoms with Crippen LogP contribution in [0.15, 0.2) is 0 Å². The van der Waals surface area contributed by atoms with E-state index in [1.54, 1.807) is 6.92 Å². The Morgan fingerprint density at radius 1 is 1.32 bits per heavy atom. The average molecular weight is 327 g/mol. The molecule has 6 heteroatoms. The molecule has 0 aromatic carbocycles. The minimum absolute atomic E-state index is 0.0381. The van der Waals surface area contributed by atoms with Gasteiger partial charge in [-0.25, -0.2) is 12.7 Å². The highest BCUT2D eigenvalue weighted by atomic mass is 32.2. The number of Topliss-reactive ketones (excluding diaryl/α,β-unsaturated/α-hetero) is 1. The van der Waals surface area contributed by atoms with Crippen LogP contribution in [0.2, 0.25) is 0 Å². The summed E-state index contributed by atoms with van der Waals surface area (Å²) in [5.74, 6) is -0.455. The van der Waals surface area contributed by atoms with Crippen LogP contribution < -0.4 is 0 Å². The zero-order valence-electron chi connectivity index (χ0n) is 13.8. The number of rotatable bonds is 3. The first-order valence-corrected chi connectivity index (χ1v) is 9.69. The summed E-state index contributed by atoms with van der Waals surface area (Å²) >= 11 is 0. The maximum atomic E-state index is 12.7. The van der Waals surface area contributed by atoms with Crippen LogP contribution in [0, 0.1) is 22.7 Å². The molecule has 1 amide bonds. The van der Waals surface area contributed by atoms with Crippen molar-refractivity contribution in [3.8, 4) is 0 Å². The van der Waals surface area contributed by atoms with Gasteiger partial charge in [-0.15, -0.1) is 0 Å². The monoisotopic (exact) mass is 327 g/mol. The Balaban J connectivity index is 1.97. The van der Waals surface area contributed by atoms with Crippen molar-refractivity contribution in [3.05, 3.63) is 0 Å². The van der Waals surface area contributed by atoms with Crippen LogP contribution in [0.5, 0.6) is 0 Å². The second kappa shape index (κ2) is 4.56. The lowest BCUT2D eigenvalue weighted by atomic mass is 9.69. The van der Waals surface area contributed by atoms with Gasteiger partial charge < -0.3 is 4.79 Å². The fourth-order valence-electron chi connectivity index (χ4n) is 5.31. The number of fused-ring (bicyclic) bond motifs is 1. The van der Waals surface area contributed by atoms with Crippen molar-refractivity contribution in [2.45, 2.75) is 59.4 Å². The molecule has 2 bridgehead atoms. The van der Waals surface area contributed by atoms with Crippen LogP contribution in [0.1, 0.15) is 53.4 Å². The molecule has 1 spiro atoms. The number of ketones is 1. The third kappa shape index (κ3) is 1.85. The van der Waals surface area contributed by atoms with Crippen molar-refractivity contribution in [1.29, 1.82) is 0 Å². The van der Waals surface area contributed by atoms with E-state index in [1.165, 1.54) is 11.2 Å². The molecule has 2 saturated carbocycles. The summed E-state index contributed by atoms with van der Waals surface area (Å²) in [5, 5.41) is 0. The standard InChI is InChI=1S/C16H25NO4S/c1-10(7-11(2)18)14(19)17-13-8-12-5-6-16(13,15(12,3)4)9-22(17,20)21/h10,12-13H,5-9H2,1-4H3/t10-,12?,13+,16?/m1/s1. The Morgan fingerprint density at radius 3 is 2.50 bits per heavy atom. The predicted molar refractivity (Wildman–Crippen MR) is 82.4 cm³/mol. The van der Waals surface area contributed by atoms with Gasteiger partial charge in [-0.2, -0.15) is 0 Å². The molecule has 0 N–H and O–H groups in total. The third-order valence-electron chi connectivity index (χ3n) is 6.64. The maximum Gasteiger partial charge on any atom is 0.239 e. The van der Waals surface area contributed by atoms with Crippen molar-refractivity contribution in [2.24, 2.45) is 22.7 Å². The van der Waals surface area contributed by atoms with Crippen molar-refractivity contribution in [1.82, 2.24) is 4.31 Å². The van der Waals surface area contributed by atoms with Gasteiger partial charge in [0.05, 0.1) is 11.8 Å². The van der Waals surface area contributed by atoms with E-state index >= 15 is 0 Å². The van der Waals surface area contributed by atoms with Crippen LogP contribution in [-0.2, 0) is 19.6 Å². The molecular formula is C16H25NO4S. The Hall–Kier alpha value is -0.910. The summed E-state index contributed by atoms with van der Waals surface area (Å²) < 4.78 is 26.6. The molecule has 124 valence electrons. The molecule has 5 nitrogen and oxygen atoms in total. The normalized spacial score (nSPS) is 38.8. The van der Waals surface area contributed by atoms with E-state index in [1.807, 2.05) is 0 Å². The lowest BCUT2D eigenvalue weighted by molar-refractivity contribution is -0.135. The topological polar surface area (TPSA) is 71.5 Å². The van der Waals surface area contributed by atoms with Crippen LogP contribution in [0.4, 0.5) is 0 Å². The predicted octanol–water partition coefficient (Wildman–Crippen LogP) is 1.97. The molecule has 1 saturated heterocycles. The first kappa shape index (κ1) is 16.0. The van der Waals surface area contributed by atoms with Crippen LogP contribution in [0.3, 0.4) is 0 Å². The Bertz CT molecular complexity index is 639. The lowest BCUT2D eigenvalue weighted by Gasteiger charge is -2.37. The smallest absolute Gasteiger partial charge is 0.239 e. The minimum Gasteiger partial charge on any atom is -0.300 e. The molecule has 2 aliphatic carbocycles. The molecule has 22 heavy (non-hydrogen) atoms. The molecule has 2 unspecified atom stereocenters. The van der Waals surface area contributed by atoms with Gasteiger partial charge in [0.1, 0.15) is 5.78 Å². The number of sulfonamides is 1. The molecule has 0 aromatic rings. The van der Waals surface area contributed by atoms with Gasteiger partial charge in [-0.3, -0.25) is 4.79 Å². The first-order valence-electron chi connectivity index (χ1n) is 8.08. The quantitative estimate of drug-likeness (QED) is 0.794. The van der Waals surface area contributed by atoms with Crippen molar-refractivity contribution in [3.63, 3.8) is 0 Å². The molecule has 1 heterocycles. The molecule has 3 aliphatic rings. The third-order valence-corrected chi connectivity index (χ3v) is 8.56. The maximum absolute atomic E-state index is 12.7. The molecular weight excluding hydrogens is 302 g/mol. The van der Waals surface area contributed by atoms with Crippen molar-refractivity contribution < 1.29 is 18.0 Å². The number of carbonyl (C=O) groups excluding carboxylic acids is 2. The first-order chi connectivity index (χ1) is 10.0. The second-order valence-corrected chi connectivity index (χ2v) is 9.91. The van der Waals surface area contributed by atoms with E-state index < -0.39 is 15.9 Å². The Morgan fingerprint density at radius 2 is 1.95 bits per heavy atom. The highest BCUT2D eigenvalue weighted by Crippen LogP contribution is 2.70. The number of carbonyl (C=O) groups is 2. The summed E-state index contributed by atoms with van der Waals surface area (Å²) in [7, 11) is -3.57. The van der Waals surface area contributed by atoms with E-state index in [0.717, 1.165) is 19.3 Å². The van der Waals surface area contributed by atoms with Gasteiger partial charge >= 0.3 is 0 Å². The van der Waals surface area contributed by atoms with E-state index in [9.17, 15) is 18.0 Å². The van der Waals surface area contributed by atoms with Crippen molar-refractivity contribution in [2.75, 3.05) is 5.75 Å². The summed E-state index contributed by atoms with van der Waals surface area (Å²) in [6.07, 6.45) is 2.84. The van der Waals surface area contributed by atoms with Gasteiger partial charge in [0, 0.05) is 17.8 Å². The summed E-state index contributed by atoms with van der Waals surface area (Å²) in [5.41, 5.74) is -0.328. The van der Waals surface area contributed by atoms with Gasteiger partial charge in [0.25, 0.3) is 0 Å². The Labute approximate surface area is 132 Å². The number of hydrogen-bond donors (Lipinski definition) is 0. The van der Waals surface area contributed by atoms with E-state index in [0.29, 0.717) is 5.92 Å². The molecule has 1 aliphatic heterocycles. The second-order valence-electron chi connectivity index (χ2n) is 8.06. The van der Waals surface area contributed by atoms with Crippen LogP contribution in [-0.4, -0.2) is 36.2 Å². The highest BCUT2D eigenvalue weighted by Gasteiger charge is 2.72. The number of amides is 1. The van der Waals surface area contributed by atoms with E-state index in [4.69, 9.17) is 0 Å². The van der Waals surface area contributed by atoms with Gasteiger partial charge in [0.2, 0.25) is 15.9 Å². The molecule has 4 atom stereocenters. The molecule has 3 rings (SSSR count). The van der Waals surface area contributed by atoms with Crippen molar-refractivity contribution >= 4 is 21.7 Å². The average Bonchev–Trinajstić information content (AvgIpc) is 2.83. The number of nitrogens with zero attached hydrogens (tertiary/aromatic N) is 1. The van der Waals surface area contributed by atoms with Crippen LogP contribution >= 0.6 is 0 Å². The summed E-state index contributed by atoms with van der Waals surface area (Å²) in [6, 6.07) is -0.201. The molecule has 0 aromatic heterocycles. The fourth-order valence-corrected chi connectivity index (χ4v) is 7.94. The minimum atomic E-state index is -3.57. The van der Waals surface area contributed by atoms with Gasteiger partial charge in [-0.1, -0.05) is 20.8 Å². The summed E-state index contributed by atoms with van der Waals surface area (Å²) in [4.78, 5) is 24.0. The highest BCUT2D eigenvalue weighted by molar-refractivity contribution is 7.90. The molecule has 0 radical (unpaired) electrons. The van der Waals surface area contributed by atoms with Gasteiger partial charge in [-0.05, 0) is 37.5 Å². The summed E-state index contributed by atoms with van der Waals surface area (Å²) in [6.45, 7) is 7.41. The van der Waals surface area contributed by atoms with Gasteiger partial charge in [0.15, 0.2) is 0 Å². The largest absolute Gasteiger partial charge is 0.300 e.